The molecule has 9 heteroatoms. The van der Waals surface area contributed by atoms with Crippen LogP contribution in [0.15, 0.2) is 97.1 Å². The monoisotopic (exact) mass is 666 g/mol. The number of ketones is 1. The molecular formula is C39H42N2O6S. The largest absolute Gasteiger partial charge is 0.497 e. The van der Waals surface area contributed by atoms with Gasteiger partial charge in [-0.15, -0.1) is 11.3 Å². The van der Waals surface area contributed by atoms with Gasteiger partial charge in [-0.1, -0.05) is 37.3 Å². The molecule has 5 aromatic rings. The van der Waals surface area contributed by atoms with E-state index in [0.717, 1.165) is 75.8 Å². The summed E-state index contributed by atoms with van der Waals surface area (Å²) in [5.74, 6) is 2.19. The van der Waals surface area contributed by atoms with Gasteiger partial charge in [0.25, 0.3) is 0 Å². The molecule has 0 unspecified atom stereocenters. The van der Waals surface area contributed by atoms with Gasteiger partial charge in [-0.2, -0.15) is 0 Å². The van der Waals surface area contributed by atoms with Gasteiger partial charge in [0.1, 0.15) is 30.5 Å². The number of fused-ring (bicyclic) bond motifs is 1. The van der Waals surface area contributed by atoms with Crippen LogP contribution in [0, 0.1) is 0 Å². The number of carbonyl (C=O) groups is 2. The molecule has 0 atom stereocenters. The van der Waals surface area contributed by atoms with Crippen LogP contribution in [0.5, 0.6) is 17.2 Å². The summed E-state index contributed by atoms with van der Waals surface area (Å²) in [6.07, 6.45) is 1.42. The topological polar surface area (TPSA) is 86.3 Å². The number of likely N-dealkylation sites (N-methyl/N-ethyl adjacent to an activating group) is 1. The second kappa shape index (κ2) is 17.3. The smallest absolute Gasteiger partial charge is 0.407 e. The number of carbonyl (C=O) groups excluding carboxylic acids is 2. The third-order valence-corrected chi connectivity index (χ3v) is 9.30. The molecular weight excluding hydrogens is 625 g/mol. The number of unbranched alkanes of at least 4 members (excludes halogenated alkanes) is 1. The van der Waals surface area contributed by atoms with Crippen LogP contribution in [0.2, 0.25) is 0 Å². The highest BCUT2D eigenvalue weighted by molar-refractivity contribution is 7.22. The second-order valence-electron chi connectivity index (χ2n) is 11.2. The maximum atomic E-state index is 14.0. The number of ether oxygens (including phenoxy) is 4. The van der Waals surface area contributed by atoms with E-state index in [2.05, 4.69) is 17.1 Å². The molecule has 0 saturated carbocycles. The van der Waals surface area contributed by atoms with Crippen molar-refractivity contribution in [2.24, 2.45) is 0 Å². The molecule has 0 aliphatic carbocycles. The molecule has 4 aromatic carbocycles. The zero-order valence-electron chi connectivity index (χ0n) is 27.7. The van der Waals surface area contributed by atoms with Gasteiger partial charge >= 0.3 is 6.09 Å². The van der Waals surface area contributed by atoms with Crippen LogP contribution in [0.3, 0.4) is 0 Å². The average molecular weight is 667 g/mol. The zero-order valence-corrected chi connectivity index (χ0v) is 28.5. The molecule has 1 amide bonds. The molecule has 1 N–H and O–H groups in total. The van der Waals surface area contributed by atoms with Crippen molar-refractivity contribution >= 4 is 33.3 Å². The van der Waals surface area contributed by atoms with E-state index in [1.165, 1.54) is 0 Å². The van der Waals surface area contributed by atoms with E-state index < -0.39 is 6.09 Å². The fourth-order valence-corrected chi connectivity index (χ4v) is 6.60. The van der Waals surface area contributed by atoms with Crippen molar-refractivity contribution in [3.63, 3.8) is 0 Å². The average Bonchev–Trinajstić information content (AvgIpc) is 3.52. The molecule has 1 heterocycles. The van der Waals surface area contributed by atoms with Gasteiger partial charge in [-0.3, -0.25) is 4.79 Å². The maximum Gasteiger partial charge on any atom is 0.407 e. The van der Waals surface area contributed by atoms with Crippen molar-refractivity contribution in [1.29, 1.82) is 0 Å². The van der Waals surface area contributed by atoms with Crippen LogP contribution in [0.25, 0.3) is 20.5 Å². The highest BCUT2D eigenvalue weighted by Gasteiger charge is 2.22. The number of nitrogens with one attached hydrogen (secondary N) is 1. The van der Waals surface area contributed by atoms with Crippen LogP contribution in [0.4, 0.5) is 4.79 Å². The molecule has 0 radical (unpaired) electrons. The van der Waals surface area contributed by atoms with Crippen molar-refractivity contribution in [2.45, 2.75) is 26.4 Å². The van der Waals surface area contributed by atoms with Gasteiger partial charge in [0.05, 0.1) is 14.2 Å². The molecule has 250 valence electrons. The van der Waals surface area contributed by atoms with Crippen LogP contribution < -0.4 is 19.5 Å². The quantitative estimate of drug-likeness (QED) is 0.0791. The first-order valence-corrected chi connectivity index (χ1v) is 17.0. The summed E-state index contributed by atoms with van der Waals surface area (Å²) in [5.41, 5.74) is 3.19. The summed E-state index contributed by atoms with van der Waals surface area (Å²) in [7, 11) is 3.28. The number of methoxy groups -OCH3 is 2. The van der Waals surface area contributed by atoms with Crippen LogP contribution >= 0.6 is 11.3 Å². The Balaban J connectivity index is 1.11. The lowest BCUT2D eigenvalue weighted by Crippen LogP contribution is -2.30. The normalized spacial score (nSPS) is 11.0. The highest BCUT2D eigenvalue weighted by Crippen LogP contribution is 2.41. The van der Waals surface area contributed by atoms with Gasteiger partial charge in [-0.25, -0.2) is 4.79 Å². The first-order valence-electron chi connectivity index (χ1n) is 16.2. The predicted molar refractivity (Wildman–Crippen MR) is 192 cm³/mol. The van der Waals surface area contributed by atoms with E-state index in [1.807, 2.05) is 97.1 Å². The third-order valence-electron chi connectivity index (χ3n) is 8.10. The van der Waals surface area contributed by atoms with E-state index >= 15 is 0 Å². The maximum absolute atomic E-state index is 14.0. The molecule has 5 rings (SSSR count). The molecule has 8 nitrogen and oxygen atoms in total. The van der Waals surface area contributed by atoms with Gasteiger partial charge in [0.15, 0.2) is 5.78 Å². The Morgan fingerprint density at radius 1 is 0.792 bits per heavy atom. The van der Waals surface area contributed by atoms with E-state index in [-0.39, 0.29) is 12.4 Å². The van der Waals surface area contributed by atoms with Crippen LogP contribution in [0.1, 0.15) is 41.3 Å². The van der Waals surface area contributed by atoms with E-state index in [0.29, 0.717) is 24.3 Å². The summed E-state index contributed by atoms with van der Waals surface area (Å²) < 4.78 is 23.1. The standard InChI is InChI=1S/C39H42N2O6S/c1-4-41(23-9-8-22-40-39(43)47-27-28-10-6-5-7-11-28)24-25-46-32-18-12-29(13-19-32)37(42)36-34-21-20-33(45-3)26-35(34)48-38(36)30-14-16-31(44-2)17-15-30/h5-7,10-21,26H,4,8-9,22-25,27H2,1-3H3,(H,40,43). The van der Waals surface area contributed by atoms with Gasteiger partial charge in [0.2, 0.25) is 0 Å². The van der Waals surface area contributed by atoms with Gasteiger partial charge in [-0.05, 0) is 104 Å². The zero-order chi connectivity index (χ0) is 33.7. The minimum Gasteiger partial charge on any atom is -0.497 e. The summed E-state index contributed by atoms with van der Waals surface area (Å²) in [6, 6.07) is 30.6. The van der Waals surface area contributed by atoms with E-state index in [4.69, 9.17) is 18.9 Å². The minimum atomic E-state index is -0.394. The van der Waals surface area contributed by atoms with E-state index in [1.54, 1.807) is 25.6 Å². The highest BCUT2D eigenvalue weighted by atomic mass is 32.1. The van der Waals surface area contributed by atoms with Crippen LogP contribution in [-0.4, -0.2) is 63.8 Å². The molecule has 0 aliphatic rings. The fraction of sp³-hybridized carbons (Fsp3) is 0.282. The molecule has 1 aromatic heterocycles. The molecule has 0 aliphatic heterocycles. The number of hydrogen-bond acceptors (Lipinski definition) is 8. The van der Waals surface area contributed by atoms with Crippen molar-refractivity contribution in [2.75, 3.05) is 47.0 Å². The Bertz CT molecular complexity index is 1770. The van der Waals surface area contributed by atoms with Crippen LogP contribution in [-0.2, 0) is 11.3 Å². The number of benzene rings is 4. The number of amides is 1. The summed E-state index contributed by atoms with van der Waals surface area (Å²) >= 11 is 1.58. The lowest BCUT2D eigenvalue weighted by molar-refractivity contribution is 0.104. The number of rotatable bonds is 17. The number of alkyl carbamates (subject to hydrolysis) is 1. The van der Waals surface area contributed by atoms with Gasteiger partial charge < -0.3 is 29.2 Å². The number of hydrogen-bond donors (Lipinski definition) is 1. The summed E-state index contributed by atoms with van der Waals surface area (Å²) in [5, 5.41) is 3.72. The van der Waals surface area contributed by atoms with Crippen molar-refractivity contribution < 1.29 is 28.5 Å². The first kappa shape index (κ1) is 34.5. The van der Waals surface area contributed by atoms with Crippen molar-refractivity contribution in [3.8, 4) is 27.7 Å². The lowest BCUT2D eigenvalue weighted by Gasteiger charge is -2.20. The number of thiophene rings is 1. The molecule has 0 spiro atoms. The second-order valence-corrected chi connectivity index (χ2v) is 12.3. The fourth-order valence-electron chi connectivity index (χ4n) is 5.37. The van der Waals surface area contributed by atoms with E-state index in [9.17, 15) is 9.59 Å². The Morgan fingerprint density at radius 2 is 1.50 bits per heavy atom. The Labute approximate surface area is 286 Å². The Kier molecular flexibility index (Phi) is 12.5. The molecule has 0 saturated heterocycles. The molecule has 48 heavy (non-hydrogen) atoms. The predicted octanol–water partition coefficient (Wildman–Crippen LogP) is 8.22. The third kappa shape index (κ3) is 9.14. The minimum absolute atomic E-state index is 0.0418. The van der Waals surface area contributed by atoms with Crippen molar-refractivity contribution in [3.05, 3.63) is 114 Å². The lowest BCUT2D eigenvalue weighted by atomic mass is 9.97. The summed E-state index contributed by atoms with van der Waals surface area (Å²) in [4.78, 5) is 29.2. The van der Waals surface area contributed by atoms with Gasteiger partial charge in [0, 0.05) is 39.2 Å². The summed E-state index contributed by atoms with van der Waals surface area (Å²) in [6.45, 7) is 6.09. The first-order chi connectivity index (χ1) is 23.5. The number of nitrogens with zero attached hydrogens (tertiary/aromatic N) is 1. The molecule has 0 bridgehead atoms. The molecule has 0 fully saturated rings. The Morgan fingerprint density at radius 3 is 2.21 bits per heavy atom. The Hall–Kier alpha value is -4.86. The SMILES string of the molecule is CCN(CCCCNC(=O)OCc1ccccc1)CCOc1ccc(C(=O)c2c(-c3ccc(OC)cc3)sc3cc(OC)ccc23)cc1. The van der Waals surface area contributed by atoms with Crippen molar-refractivity contribution in [1.82, 2.24) is 10.2 Å².